The monoisotopic (exact) mass is 265 g/mol. The molecule has 0 aliphatic rings. The molecule has 0 saturated carbocycles. The lowest BCUT2D eigenvalue weighted by molar-refractivity contribution is 0.450. The third-order valence-corrected chi connectivity index (χ3v) is 3.71. The molecule has 0 bridgehead atoms. The van der Waals surface area contributed by atoms with Crippen LogP contribution >= 0.6 is 0 Å². The molecular formula is C12H15N3O2S. The number of nitrogens with zero attached hydrogens (tertiary/aromatic N) is 3. The van der Waals surface area contributed by atoms with Crippen LogP contribution in [0.15, 0.2) is 21.2 Å². The number of hydrogen-bond donors (Lipinski definition) is 0. The maximum Gasteiger partial charge on any atom is 0.170 e. The molecule has 5 nitrogen and oxygen atoms in total. The predicted octanol–water partition coefficient (Wildman–Crippen LogP) is 2.41. The molecule has 0 fully saturated rings. The van der Waals surface area contributed by atoms with Gasteiger partial charge in [0.05, 0.1) is 16.8 Å². The Bertz CT molecular complexity index is 587. The summed E-state index contributed by atoms with van der Waals surface area (Å²) in [5.41, 5.74) is 2.07. The van der Waals surface area contributed by atoms with Gasteiger partial charge in [-0.25, -0.2) is 0 Å². The van der Waals surface area contributed by atoms with Crippen molar-refractivity contribution in [3.05, 3.63) is 23.7 Å². The highest BCUT2D eigenvalue weighted by molar-refractivity contribution is 7.91. The first-order valence-electron chi connectivity index (χ1n) is 5.56. The molecule has 2 heterocycles. The topological polar surface area (TPSA) is 74.3 Å². The highest BCUT2D eigenvalue weighted by Crippen LogP contribution is 2.18. The summed E-state index contributed by atoms with van der Waals surface area (Å²) >= 11 is -1.28. The first-order valence-corrected chi connectivity index (χ1v) is 6.67. The smallest absolute Gasteiger partial charge is 0.170 e. The third-order valence-electron chi connectivity index (χ3n) is 2.36. The Kier molecular flexibility index (Phi) is 3.41. The summed E-state index contributed by atoms with van der Waals surface area (Å²) in [6.07, 6.45) is 3.18. The summed E-state index contributed by atoms with van der Waals surface area (Å²) in [5, 5.41) is 4.73. The Morgan fingerprint density at radius 1 is 1.44 bits per heavy atom. The average molecular weight is 265 g/mol. The van der Waals surface area contributed by atoms with Crippen LogP contribution in [0.4, 0.5) is 0 Å². The quantitative estimate of drug-likeness (QED) is 0.617. The van der Waals surface area contributed by atoms with Gasteiger partial charge in [-0.1, -0.05) is 9.55 Å². The molecular weight excluding hydrogens is 250 g/mol. The molecule has 2 aromatic heterocycles. The van der Waals surface area contributed by atoms with Crippen molar-refractivity contribution in [1.82, 2.24) is 10.1 Å². The van der Waals surface area contributed by atoms with Crippen molar-refractivity contribution in [1.29, 1.82) is 0 Å². The van der Waals surface area contributed by atoms with Crippen LogP contribution in [0.5, 0.6) is 0 Å². The Balaban J connectivity index is 2.25. The summed E-state index contributed by atoms with van der Waals surface area (Å²) < 4.78 is 20.5. The SMILES string of the molecule is Cc1noc2cc(/C=N/[S+]([O-])C(C)(C)C)ncc12. The fourth-order valence-corrected chi connectivity index (χ4v) is 1.82. The van der Waals surface area contributed by atoms with Crippen LogP contribution in [0.3, 0.4) is 0 Å². The summed E-state index contributed by atoms with van der Waals surface area (Å²) in [5.74, 6) is 0. The fraction of sp³-hybridized carbons (Fsp3) is 0.417. The van der Waals surface area contributed by atoms with E-state index in [4.69, 9.17) is 4.52 Å². The molecule has 0 N–H and O–H groups in total. The Morgan fingerprint density at radius 2 is 2.17 bits per heavy atom. The number of aromatic nitrogens is 2. The van der Waals surface area contributed by atoms with Crippen molar-refractivity contribution in [2.45, 2.75) is 32.4 Å². The van der Waals surface area contributed by atoms with E-state index in [1.54, 1.807) is 12.3 Å². The maximum atomic E-state index is 11.8. The van der Waals surface area contributed by atoms with Crippen LogP contribution < -0.4 is 0 Å². The molecule has 0 saturated heterocycles. The number of hydrogen-bond acceptors (Lipinski definition) is 5. The molecule has 1 unspecified atom stereocenters. The fourth-order valence-electron chi connectivity index (χ4n) is 1.30. The minimum absolute atomic E-state index is 0.372. The molecule has 0 spiro atoms. The van der Waals surface area contributed by atoms with Crippen LogP contribution in [0.1, 0.15) is 32.2 Å². The second-order valence-electron chi connectivity index (χ2n) is 4.97. The number of fused-ring (bicyclic) bond motifs is 1. The molecule has 0 radical (unpaired) electrons. The summed E-state index contributed by atoms with van der Waals surface area (Å²) in [7, 11) is 0. The standard InChI is InChI=1S/C12H15N3O2S/c1-8-10-7-13-9(5-11(10)17-15-8)6-14-18(16)12(2,3)4/h5-7H,1-4H3/b14-6+. The van der Waals surface area contributed by atoms with E-state index in [1.807, 2.05) is 27.7 Å². The zero-order chi connectivity index (χ0) is 13.3. The van der Waals surface area contributed by atoms with E-state index in [0.29, 0.717) is 11.3 Å². The van der Waals surface area contributed by atoms with Crippen LogP contribution in [-0.2, 0) is 11.4 Å². The average Bonchev–Trinajstić information content (AvgIpc) is 2.66. The molecule has 96 valence electrons. The zero-order valence-electron chi connectivity index (χ0n) is 10.8. The van der Waals surface area contributed by atoms with Gasteiger partial charge < -0.3 is 9.08 Å². The normalized spacial score (nSPS) is 14.5. The van der Waals surface area contributed by atoms with Crippen LogP contribution in [0.2, 0.25) is 0 Å². The van der Waals surface area contributed by atoms with Crippen LogP contribution in [0.25, 0.3) is 11.0 Å². The highest BCUT2D eigenvalue weighted by Gasteiger charge is 2.25. The van der Waals surface area contributed by atoms with Crippen molar-refractivity contribution >= 4 is 28.5 Å². The lowest BCUT2D eigenvalue weighted by Gasteiger charge is -2.17. The summed E-state index contributed by atoms with van der Waals surface area (Å²) in [4.78, 5) is 4.21. The molecule has 0 amide bonds. The zero-order valence-corrected chi connectivity index (χ0v) is 11.6. The Hall–Kier alpha value is -1.40. The van der Waals surface area contributed by atoms with Gasteiger partial charge in [0.15, 0.2) is 5.58 Å². The van der Waals surface area contributed by atoms with Gasteiger partial charge in [-0.05, 0) is 27.7 Å². The number of pyridine rings is 1. The summed E-state index contributed by atoms with van der Waals surface area (Å²) in [6, 6.07) is 1.73. The third kappa shape index (κ3) is 2.70. The number of aryl methyl sites for hydroxylation is 1. The summed E-state index contributed by atoms with van der Waals surface area (Å²) in [6.45, 7) is 7.47. The Morgan fingerprint density at radius 3 is 2.83 bits per heavy atom. The van der Waals surface area contributed by atoms with Crippen molar-refractivity contribution in [3.8, 4) is 0 Å². The van der Waals surface area contributed by atoms with E-state index >= 15 is 0 Å². The van der Waals surface area contributed by atoms with Gasteiger partial charge in [0.2, 0.25) is 0 Å². The lowest BCUT2D eigenvalue weighted by atomic mass is 10.2. The second-order valence-corrected chi connectivity index (χ2v) is 6.90. The molecule has 0 aromatic carbocycles. The van der Waals surface area contributed by atoms with Crippen molar-refractivity contribution in [2.75, 3.05) is 0 Å². The lowest BCUT2D eigenvalue weighted by Crippen LogP contribution is -2.25. The molecule has 18 heavy (non-hydrogen) atoms. The molecule has 0 aliphatic carbocycles. The number of rotatable bonds is 2. The second kappa shape index (κ2) is 4.70. The molecule has 0 aliphatic heterocycles. The van der Waals surface area contributed by atoms with Gasteiger partial charge in [-0.2, -0.15) is 0 Å². The van der Waals surface area contributed by atoms with Crippen molar-refractivity contribution in [3.63, 3.8) is 0 Å². The Labute approximate surface area is 109 Å². The van der Waals surface area contributed by atoms with Gasteiger partial charge >= 0.3 is 0 Å². The van der Waals surface area contributed by atoms with Crippen molar-refractivity contribution < 1.29 is 9.08 Å². The van der Waals surface area contributed by atoms with E-state index in [1.165, 1.54) is 6.21 Å². The van der Waals surface area contributed by atoms with Crippen molar-refractivity contribution in [2.24, 2.45) is 4.40 Å². The van der Waals surface area contributed by atoms with Gasteiger partial charge in [0.1, 0.15) is 22.3 Å². The van der Waals surface area contributed by atoms with Crippen LogP contribution in [-0.4, -0.2) is 25.7 Å². The van der Waals surface area contributed by atoms with Gasteiger partial charge in [-0.3, -0.25) is 4.98 Å². The molecule has 6 heteroatoms. The molecule has 1 atom stereocenters. The van der Waals surface area contributed by atoms with E-state index < -0.39 is 11.4 Å². The van der Waals surface area contributed by atoms with E-state index in [9.17, 15) is 4.55 Å². The van der Waals surface area contributed by atoms with Crippen LogP contribution in [0, 0.1) is 6.92 Å². The van der Waals surface area contributed by atoms with Gasteiger partial charge in [-0.15, -0.1) is 0 Å². The van der Waals surface area contributed by atoms with E-state index in [-0.39, 0.29) is 4.75 Å². The predicted molar refractivity (Wildman–Crippen MR) is 72.0 cm³/mol. The minimum Gasteiger partial charge on any atom is -0.591 e. The first-order chi connectivity index (χ1) is 8.38. The highest BCUT2D eigenvalue weighted by atomic mass is 32.2. The molecule has 2 rings (SSSR count). The first kappa shape index (κ1) is 13.0. The maximum absolute atomic E-state index is 11.8. The van der Waals surface area contributed by atoms with E-state index in [2.05, 4.69) is 14.5 Å². The largest absolute Gasteiger partial charge is 0.591 e. The van der Waals surface area contributed by atoms with Gasteiger partial charge in [0.25, 0.3) is 0 Å². The van der Waals surface area contributed by atoms with E-state index in [0.717, 1.165) is 11.1 Å². The van der Waals surface area contributed by atoms with Gasteiger partial charge in [0, 0.05) is 12.3 Å². The minimum atomic E-state index is -1.28. The molecule has 2 aromatic rings.